The third-order valence-electron chi connectivity index (χ3n) is 5.32. The summed E-state index contributed by atoms with van der Waals surface area (Å²) in [7, 11) is 0. The fourth-order valence-corrected chi connectivity index (χ4v) is 3.93. The molecule has 0 saturated carbocycles. The molecule has 5 heterocycles. The van der Waals surface area contributed by atoms with Crippen LogP contribution < -0.4 is 16.4 Å². The van der Waals surface area contributed by atoms with Gasteiger partial charge in [0.2, 0.25) is 0 Å². The van der Waals surface area contributed by atoms with Crippen LogP contribution in [0.3, 0.4) is 0 Å². The van der Waals surface area contributed by atoms with Crippen LogP contribution in [0.1, 0.15) is 32.2 Å². The Morgan fingerprint density at radius 2 is 1.81 bits per heavy atom. The number of carbonyl (C=O) groups is 1. The summed E-state index contributed by atoms with van der Waals surface area (Å²) in [5, 5.41) is 1.81. The molecule has 0 aliphatic carbocycles. The number of anilines is 1. The van der Waals surface area contributed by atoms with Crippen molar-refractivity contribution in [3.63, 3.8) is 0 Å². The van der Waals surface area contributed by atoms with E-state index < -0.39 is 17.1 Å². The summed E-state index contributed by atoms with van der Waals surface area (Å²) in [6.45, 7) is 5.55. The molecule has 3 aliphatic rings. The van der Waals surface area contributed by atoms with Gasteiger partial charge in [-0.3, -0.25) is 4.99 Å². The molecule has 3 aliphatic heterocycles. The number of hydrogen-bond donors (Lipinski definition) is 3. The second kappa shape index (κ2) is 7.09. The van der Waals surface area contributed by atoms with Crippen molar-refractivity contribution in [3.05, 3.63) is 70.3 Å². The number of nitrogens with zero attached hydrogens (tertiary/aromatic N) is 2. The van der Waals surface area contributed by atoms with Crippen LogP contribution in [-0.2, 0) is 16.0 Å². The first-order valence-electron chi connectivity index (χ1n) is 10.5. The Labute approximate surface area is 185 Å². The van der Waals surface area contributed by atoms with E-state index in [0.717, 1.165) is 33.5 Å². The van der Waals surface area contributed by atoms with E-state index in [-0.39, 0.29) is 0 Å². The zero-order chi connectivity index (χ0) is 22.5. The van der Waals surface area contributed by atoms with E-state index in [1.54, 1.807) is 0 Å². The highest BCUT2D eigenvalue weighted by Gasteiger charge is 2.42. The molecule has 32 heavy (non-hydrogen) atoms. The Morgan fingerprint density at radius 1 is 1.06 bits per heavy atom. The number of aromatic nitrogens is 2. The number of nitrogen functional groups attached to an aromatic ring is 1. The predicted octanol–water partition coefficient (Wildman–Crippen LogP) is 2.19. The lowest BCUT2D eigenvalue weighted by Crippen LogP contribution is -2.41. The molecular formula is C25H25N5O2. The first-order chi connectivity index (χ1) is 15.2. The SMILES string of the molecule is CC(C)(C)OC(=O)C12C=CC(=N1)C=c1ccc([nH]1)=CC1=NC(=Cc3[nH]c(cc3N)C2)C=C1. The second-order valence-electron chi connectivity index (χ2n) is 9.23. The van der Waals surface area contributed by atoms with E-state index in [1.165, 1.54) is 0 Å². The lowest BCUT2D eigenvalue weighted by molar-refractivity contribution is -0.159. The van der Waals surface area contributed by atoms with Gasteiger partial charge in [0, 0.05) is 22.8 Å². The summed E-state index contributed by atoms with van der Waals surface area (Å²) in [5.74, 6) is -0.396. The minimum Gasteiger partial charge on any atom is -0.458 e. The van der Waals surface area contributed by atoms with Gasteiger partial charge < -0.3 is 20.4 Å². The van der Waals surface area contributed by atoms with E-state index in [2.05, 4.69) is 15.0 Å². The third-order valence-corrected chi connectivity index (χ3v) is 5.32. The van der Waals surface area contributed by atoms with Gasteiger partial charge in [0.05, 0.1) is 28.5 Å². The van der Waals surface area contributed by atoms with Crippen molar-refractivity contribution >= 4 is 41.3 Å². The molecule has 0 radical (unpaired) electrons. The number of H-pyrrole nitrogens is 2. The smallest absolute Gasteiger partial charge is 0.339 e. The lowest BCUT2D eigenvalue weighted by atomic mass is 9.94. The molecule has 0 fully saturated rings. The summed E-state index contributed by atoms with van der Waals surface area (Å²) < 4.78 is 5.74. The number of nitrogens with one attached hydrogen (secondary N) is 2. The molecule has 4 N–H and O–H groups in total. The number of aromatic amines is 2. The number of carbonyl (C=O) groups excluding carboxylic acids is 1. The molecule has 8 bridgehead atoms. The lowest BCUT2D eigenvalue weighted by Gasteiger charge is -2.27. The van der Waals surface area contributed by atoms with Gasteiger partial charge in [0.1, 0.15) is 5.60 Å². The Balaban J connectivity index is 1.67. The van der Waals surface area contributed by atoms with Crippen LogP contribution in [0.2, 0.25) is 0 Å². The molecule has 162 valence electrons. The number of rotatable bonds is 1. The summed E-state index contributed by atoms with van der Waals surface area (Å²) in [4.78, 5) is 29.4. The van der Waals surface area contributed by atoms with Gasteiger partial charge in [-0.1, -0.05) is 0 Å². The summed E-state index contributed by atoms with van der Waals surface area (Å²) in [6.07, 6.45) is 13.7. The topological polar surface area (TPSA) is 109 Å². The summed E-state index contributed by atoms with van der Waals surface area (Å²) in [6, 6.07) is 5.80. The fraction of sp³-hybridized carbons (Fsp3) is 0.240. The highest BCUT2D eigenvalue weighted by atomic mass is 16.6. The van der Waals surface area contributed by atoms with Crippen molar-refractivity contribution in [2.75, 3.05) is 5.73 Å². The zero-order valence-electron chi connectivity index (χ0n) is 18.3. The molecule has 2 aromatic rings. The number of nitrogens with two attached hydrogens (primary N) is 1. The molecule has 0 amide bonds. The van der Waals surface area contributed by atoms with Crippen molar-refractivity contribution in [3.8, 4) is 0 Å². The van der Waals surface area contributed by atoms with Crippen LogP contribution in [0.5, 0.6) is 0 Å². The quantitative estimate of drug-likeness (QED) is 0.607. The van der Waals surface area contributed by atoms with Gasteiger partial charge in [-0.25, -0.2) is 9.79 Å². The Bertz CT molecular complexity index is 1390. The van der Waals surface area contributed by atoms with E-state index in [1.807, 2.05) is 81.5 Å². The molecule has 7 nitrogen and oxygen atoms in total. The van der Waals surface area contributed by atoms with E-state index in [0.29, 0.717) is 17.8 Å². The minimum absolute atomic E-state index is 0.303. The van der Waals surface area contributed by atoms with Crippen LogP contribution in [0.4, 0.5) is 5.69 Å². The first kappa shape index (κ1) is 20.1. The average Bonchev–Trinajstić information content (AvgIpc) is 3.46. The fourth-order valence-electron chi connectivity index (χ4n) is 3.93. The maximum Gasteiger partial charge on any atom is 0.339 e. The van der Waals surface area contributed by atoms with E-state index in [9.17, 15) is 4.79 Å². The highest BCUT2D eigenvalue weighted by molar-refractivity contribution is 6.20. The molecule has 1 unspecified atom stereocenters. The van der Waals surface area contributed by atoms with Crippen molar-refractivity contribution in [1.29, 1.82) is 0 Å². The van der Waals surface area contributed by atoms with Crippen molar-refractivity contribution in [2.24, 2.45) is 9.98 Å². The number of hydrogen-bond acceptors (Lipinski definition) is 5. The number of aliphatic imine (C=N–C) groups is 2. The monoisotopic (exact) mass is 427 g/mol. The summed E-state index contributed by atoms with van der Waals surface area (Å²) >= 11 is 0. The van der Waals surface area contributed by atoms with Crippen LogP contribution in [-0.4, -0.2) is 38.5 Å². The van der Waals surface area contributed by atoms with Crippen LogP contribution in [0, 0.1) is 0 Å². The minimum atomic E-state index is -1.17. The van der Waals surface area contributed by atoms with Crippen LogP contribution >= 0.6 is 0 Å². The van der Waals surface area contributed by atoms with Gasteiger partial charge >= 0.3 is 5.97 Å². The molecule has 2 aromatic heterocycles. The summed E-state index contributed by atoms with van der Waals surface area (Å²) in [5.41, 5.74) is 8.93. The Hall–Kier alpha value is -3.87. The van der Waals surface area contributed by atoms with Gasteiger partial charge in [-0.2, -0.15) is 0 Å². The molecule has 0 saturated heterocycles. The van der Waals surface area contributed by atoms with Gasteiger partial charge in [-0.05, 0) is 81.5 Å². The standard InChI is InChI=1S/C25H25N5O2/c1-24(2,3)32-23(31)25-9-8-19(30-25)11-17-5-4-15(27-17)10-16-6-7-18(28-16)13-22-21(26)12-20(14-25)29-22/h4-13,27,29H,14,26H2,1-3H3. The Morgan fingerprint density at radius 3 is 2.56 bits per heavy atom. The predicted molar refractivity (Wildman–Crippen MR) is 128 cm³/mol. The second-order valence-corrected chi connectivity index (χ2v) is 9.23. The number of allylic oxidation sites excluding steroid dienone is 3. The first-order valence-corrected chi connectivity index (χ1v) is 10.5. The van der Waals surface area contributed by atoms with Crippen molar-refractivity contribution in [1.82, 2.24) is 9.97 Å². The van der Waals surface area contributed by atoms with E-state index >= 15 is 0 Å². The normalized spacial score (nSPS) is 21.4. The molecule has 0 aromatic carbocycles. The van der Waals surface area contributed by atoms with E-state index in [4.69, 9.17) is 15.5 Å². The van der Waals surface area contributed by atoms with Crippen LogP contribution in [0.25, 0.3) is 18.2 Å². The van der Waals surface area contributed by atoms with Gasteiger partial charge in [-0.15, -0.1) is 0 Å². The third kappa shape index (κ3) is 3.89. The molecule has 1 atom stereocenters. The number of ether oxygens (including phenoxy) is 1. The van der Waals surface area contributed by atoms with Gasteiger partial charge in [0.15, 0.2) is 5.54 Å². The largest absolute Gasteiger partial charge is 0.458 e. The molecule has 0 spiro atoms. The zero-order valence-corrected chi connectivity index (χ0v) is 18.3. The molecular weight excluding hydrogens is 402 g/mol. The van der Waals surface area contributed by atoms with Crippen molar-refractivity contribution in [2.45, 2.75) is 38.3 Å². The molecule has 5 rings (SSSR count). The highest BCUT2D eigenvalue weighted by Crippen LogP contribution is 2.30. The van der Waals surface area contributed by atoms with Crippen LogP contribution in [0.15, 0.2) is 58.2 Å². The number of esters is 1. The maximum absolute atomic E-state index is 13.3. The maximum atomic E-state index is 13.3. The van der Waals surface area contributed by atoms with Gasteiger partial charge in [0.25, 0.3) is 0 Å². The molecule has 7 heteroatoms. The average molecular weight is 428 g/mol. The Kier molecular flexibility index (Phi) is 4.44. The number of fused-ring (bicyclic) bond motifs is 6. The van der Waals surface area contributed by atoms with Crippen molar-refractivity contribution < 1.29 is 9.53 Å².